The summed E-state index contributed by atoms with van der Waals surface area (Å²) < 4.78 is 5.64. The average molecular weight is 258 g/mol. The Morgan fingerprint density at radius 1 is 1.16 bits per heavy atom. The number of rotatable bonds is 4. The first-order valence-electron chi connectivity index (χ1n) is 6.32. The fourth-order valence-electron chi connectivity index (χ4n) is 1.97. The zero-order valence-electron chi connectivity index (χ0n) is 11.4. The normalized spacial score (nSPS) is 10.8. The second-order valence-corrected chi connectivity index (χ2v) is 4.80. The number of aromatic nitrogens is 2. The van der Waals surface area contributed by atoms with Gasteiger partial charge in [-0.25, -0.2) is 0 Å². The Bertz CT molecular complexity index is 551. The zero-order valence-corrected chi connectivity index (χ0v) is 11.4. The predicted molar refractivity (Wildman–Crippen MR) is 73.3 cm³/mol. The van der Waals surface area contributed by atoms with E-state index >= 15 is 0 Å². The molecule has 1 aromatic carbocycles. The Morgan fingerprint density at radius 2 is 1.95 bits per heavy atom. The quantitative estimate of drug-likeness (QED) is 0.915. The SMILES string of the molecule is Cc1cc(Oc2ccc(CO)nn2)ccc1C(C)C. The molecule has 1 aromatic heterocycles. The molecule has 0 aliphatic heterocycles. The molecule has 0 aliphatic carbocycles. The van der Waals surface area contributed by atoms with E-state index in [2.05, 4.69) is 37.0 Å². The van der Waals surface area contributed by atoms with Crippen LogP contribution in [0.1, 0.15) is 36.6 Å². The third-order valence-corrected chi connectivity index (χ3v) is 2.94. The largest absolute Gasteiger partial charge is 0.438 e. The Kier molecular flexibility index (Phi) is 4.12. The number of hydrogen-bond acceptors (Lipinski definition) is 4. The van der Waals surface area contributed by atoms with Gasteiger partial charge in [0.05, 0.1) is 12.3 Å². The molecular formula is C15H18N2O2. The summed E-state index contributed by atoms with van der Waals surface area (Å²) >= 11 is 0. The van der Waals surface area contributed by atoms with Crippen molar-refractivity contribution in [3.63, 3.8) is 0 Å². The van der Waals surface area contributed by atoms with Crippen LogP contribution in [0.4, 0.5) is 0 Å². The van der Waals surface area contributed by atoms with Gasteiger partial charge in [-0.05, 0) is 42.2 Å². The standard InChI is InChI=1S/C15H18N2O2/c1-10(2)14-6-5-13(8-11(14)3)19-15-7-4-12(9-18)16-17-15/h4-8,10,18H,9H2,1-3H3. The summed E-state index contributed by atoms with van der Waals surface area (Å²) in [5.74, 6) is 1.67. The zero-order chi connectivity index (χ0) is 13.8. The molecule has 100 valence electrons. The van der Waals surface area contributed by atoms with Crippen LogP contribution in [0.2, 0.25) is 0 Å². The van der Waals surface area contributed by atoms with E-state index < -0.39 is 0 Å². The number of aliphatic hydroxyl groups is 1. The van der Waals surface area contributed by atoms with Gasteiger partial charge in [-0.3, -0.25) is 0 Å². The average Bonchev–Trinajstić information content (AvgIpc) is 2.39. The van der Waals surface area contributed by atoms with E-state index in [1.807, 2.05) is 12.1 Å². The van der Waals surface area contributed by atoms with Gasteiger partial charge in [-0.15, -0.1) is 10.2 Å². The Morgan fingerprint density at radius 3 is 2.47 bits per heavy atom. The van der Waals surface area contributed by atoms with Gasteiger partial charge < -0.3 is 9.84 Å². The monoisotopic (exact) mass is 258 g/mol. The van der Waals surface area contributed by atoms with Crippen molar-refractivity contribution in [2.45, 2.75) is 33.3 Å². The van der Waals surface area contributed by atoms with Crippen molar-refractivity contribution in [1.29, 1.82) is 0 Å². The molecule has 0 saturated heterocycles. The summed E-state index contributed by atoms with van der Waals surface area (Å²) in [6, 6.07) is 9.40. The van der Waals surface area contributed by atoms with Crippen LogP contribution in [-0.4, -0.2) is 15.3 Å². The maximum Gasteiger partial charge on any atom is 0.238 e. The second-order valence-electron chi connectivity index (χ2n) is 4.80. The lowest BCUT2D eigenvalue weighted by atomic mass is 9.98. The van der Waals surface area contributed by atoms with Gasteiger partial charge >= 0.3 is 0 Å². The fourth-order valence-corrected chi connectivity index (χ4v) is 1.97. The number of benzene rings is 1. The molecule has 0 aliphatic rings. The van der Waals surface area contributed by atoms with E-state index in [1.165, 1.54) is 11.1 Å². The smallest absolute Gasteiger partial charge is 0.238 e. The first-order chi connectivity index (χ1) is 9.10. The highest BCUT2D eigenvalue weighted by Gasteiger charge is 2.06. The molecule has 1 heterocycles. The summed E-state index contributed by atoms with van der Waals surface area (Å²) in [7, 11) is 0. The molecule has 0 amide bonds. The van der Waals surface area contributed by atoms with Crippen LogP contribution in [0.15, 0.2) is 30.3 Å². The van der Waals surface area contributed by atoms with Gasteiger partial charge in [0.2, 0.25) is 5.88 Å². The lowest BCUT2D eigenvalue weighted by molar-refractivity contribution is 0.274. The van der Waals surface area contributed by atoms with Crippen molar-refractivity contribution in [2.24, 2.45) is 0 Å². The fraction of sp³-hybridized carbons (Fsp3) is 0.333. The molecule has 19 heavy (non-hydrogen) atoms. The molecule has 0 unspecified atom stereocenters. The summed E-state index contributed by atoms with van der Waals surface area (Å²) in [4.78, 5) is 0. The molecule has 0 saturated carbocycles. The number of aryl methyl sites for hydroxylation is 1. The van der Waals surface area contributed by atoms with E-state index in [4.69, 9.17) is 9.84 Å². The summed E-state index contributed by atoms with van der Waals surface area (Å²) in [6.07, 6.45) is 0. The Balaban J connectivity index is 2.16. The maximum atomic E-state index is 8.89. The molecule has 0 radical (unpaired) electrons. The molecule has 1 N–H and O–H groups in total. The molecule has 2 rings (SSSR count). The van der Waals surface area contributed by atoms with Crippen molar-refractivity contribution in [1.82, 2.24) is 10.2 Å². The summed E-state index contributed by atoms with van der Waals surface area (Å²) in [5.41, 5.74) is 3.04. The van der Waals surface area contributed by atoms with Crippen molar-refractivity contribution in [3.8, 4) is 11.6 Å². The van der Waals surface area contributed by atoms with Crippen LogP contribution in [0.5, 0.6) is 11.6 Å². The molecule has 4 nitrogen and oxygen atoms in total. The third-order valence-electron chi connectivity index (χ3n) is 2.94. The minimum Gasteiger partial charge on any atom is -0.438 e. The highest BCUT2D eigenvalue weighted by Crippen LogP contribution is 2.26. The Labute approximate surface area is 113 Å². The molecule has 4 heteroatoms. The molecule has 0 bridgehead atoms. The topological polar surface area (TPSA) is 55.2 Å². The molecule has 0 atom stereocenters. The van der Waals surface area contributed by atoms with Crippen molar-refractivity contribution in [3.05, 3.63) is 47.2 Å². The number of hydrogen-bond donors (Lipinski definition) is 1. The van der Waals surface area contributed by atoms with Crippen LogP contribution >= 0.6 is 0 Å². The second kappa shape index (κ2) is 5.80. The van der Waals surface area contributed by atoms with Gasteiger partial charge in [0.25, 0.3) is 0 Å². The van der Waals surface area contributed by atoms with Gasteiger partial charge in [0, 0.05) is 6.07 Å². The summed E-state index contributed by atoms with van der Waals surface area (Å²) in [6.45, 7) is 6.29. The molecule has 0 fully saturated rings. The molecule has 0 spiro atoms. The highest BCUT2D eigenvalue weighted by molar-refractivity contribution is 5.37. The Hall–Kier alpha value is -1.94. The third kappa shape index (κ3) is 3.29. The first kappa shape index (κ1) is 13.5. The van der Waals surface area contributed by atoms with Crippen molar-refractivity contribution < 1.29 is 9.84 Å². The van der Waals surface area contributed by atoms with E-state index in [9.17, 15) is 0 Å². The van der Waals surface area contributed by atoms with Crippen LogP contribution in [0, 0.1) is 6.92 Å². The van der Waals surface area contributed by atoms with E-state index in [-0.39, 0.29) is 6.61 Å². The lowest BCUT2D eigenvalue weighted by Crippen LogP contribution is -1.96. The molecule has 2 aromatic rings. The van der Waals surface area contributed by atoms with E-state index in [1.54, 1.807) is 12.1 Å². The number of nitrogens with zero attached hydrogens (tertiary/aromatic N) is 2. The van der Waals surface area contributed by atoms with Crippen LogP contribution in [0.25, 0.3) is 0 Å². The van der Waals surface area contributed by atoms with Crippen LogP contribution < -0.4 is 4.74 Å². The van der Waals surface area contributed by atoms with E-state index in [0.29, 0.717) is 17.5 Å². The van der Waals surface area contributed by atoms with Gasteiger partial charge in [-0.1, -0.05) is 19.9 Å². The lowest BCUT2D eigenvalue weighted by Gasteiger charge is -2.11. The highest BCUT2D eigenvalue weighted by atomic mass is 16.5. The molecular weight excluding hydrogens is 240 g/mol. The van der Waals surface area contributed by atoms with E-state index in [0.717, 1.165) is 5.75 Å². The van der Waals surface area contributed by atoms with Gasteiger partial charge in [0.1, 0.15) is 5.75 Å². The summed E-state index contributed by atoms with van der Waals surface area (Å²) in [5, 5.41) is 16.6. The number of ether oxygens (including phenoxy) is 1. The van der Waals surface area contributed by atoms with Crippen LogP contribution in [-0.2, 0) is 6.61 Å². The minimum atomic E-state index is -0.116. The van der Waals surface area contributed by atoms with Crippen LogP contribution in [0.3, 0.4) is 0 Å². The maximum absolute atomic E-state index is 8.89. The van der Waals surface area contributed by atoms with Crippen molar-refractivity contribution >= 4 is 0 Å². The predicted octanol–water partition coefficient (Wildman–Crippen LogP) is 3.19. The van der Waals surface area contributed by atoms with Gasteiger partial charge in [-0.2, -0.15) is 0 Å². The minimum absolute atomic E-state index is 0.116. The first-order valence-corrected chi connectivity index (χ1v) is 6.32. The number of aliphatic hydroxyl groups excluding tert-OH is 1. The van der Waals surface area contributed by atoms with Crippen molar-refractivity contribution in [2.75, 3.05) is 0 Å². The van der Waals surface area contributed by atoms with Gasteiger partial charge in [0.15, 0.2) is 0 Å².